The minimum Gasteiger partial charge on any atom is -0.467 e. The zero-order valence-corrected chi connectivity index (χ0v) is 17.3. The molecule has 3 rings (SSSR count). The average Bonchev–Trinajstić information content (AvgIpc) is 2.79. The van der Waals surface area contributed by atoms with E-state index in [2.05, 4.69) is 5.32 Å². The molecule has 0 spiro atoms. The highest BCUT2D eigenvalue weighted by Gasteiger charge is 2.34. The minimum atomic E-state index is -4.51. The van der Waals surface area contributed by atoms with Gasteiger partial charge in [0.2, 0.25) is 5.91 Å². The number of carbonyl (C=O) groups is 2. The van der Waals surface area contributed by atoms with Gasteiger partial charge in [0.1, 0.15) is 6.04 Å². The van der Waals surface area contributed by atoms with Crippen LogP contribution < -0.4 is 5.32 Å². The van der Waals surface area contributed by atoms with Crippen LogP contribution in [0.25, 0.3) is 0 Å². The van der Waals surface area contributed by atoms with Gasteiger partial charge in [-0.15, -0.1) is 0 Å². The van der Waals surface area contributed by atoms with Crippen molar-refractivity contribution in [1.82, 2.24) is 5.32 Å². The molecule has 7 heteroatoms. The summed E-state index contributed by atoms with van der Waals surface area (Å²) >= 11 is 0. The van der Waals surface area contributed by atoms with Gasteiger partial charge in [-0.05, 0) is 22.8 Å². The van der Waals surface area contributed by atoms with Gasteiger partial charge in [-0.3, -0.25) is 4.79 Å². The first-order chi connectivity index (χ1) is 15.3. The van der Waals surface area contributed by atoms with Crippen molar-refractivity contribution in [2.45, 2.75) is 24.6 Å². The van der Waals surface area contributed by atoms with E-state index in [-0.39, 0.29) is 12.0 Å². The van der Waals surface area contributed by atoms with Gasteiger partial charge in [0.15, 0.2) is 0 Å². The monoisotopic (exact) mass is 441 g/mol. The number of rotatable bonds is 7. The Bertz CT molecular complexity index is 1010. The van der Waals surface area contributed by atoms with Gasteiger partial charge in [-0.25, -0.2) is 4.79 Å². The fourth-order valence-electron chi connectivity index (χ4n) is 3.57. The maximum Gasteiger partial charge on any atom is 0.416 e. The molecule has 166 valence electrons. The van der Waals surface area contributed by atoms with Crippen LogP contribution in [0.3, 0.4) is 0 Å². The molecule has 3 aromatic rings. The Morgan fingerprint density at radius 2 is 1.44 bits per heavy atom. The molecule has 0 unspecified atom stereocenters. The van der Waals surface area contributed by atoms with E-state index in [0.29, 0.717) is 0 Å². The number of esters is 1. The van der Waals surface area contributed by atoms with Crippen LogP contribution in [0.5, 0.6) is 0 Å². The number of benzene rings is 3. The van der Waals surface area contributed by atoms with Crippen LogP contribution in [0, 0.1) is 0 Å². The van der Waals surface area contributed by atoms with Gasteiger partial charge in [0.25, 0.3) is 0 Å². The Morgan fingerprint density at radius 1 is 0.875 bits per heavy atom. The third-order valence-electron chi connectivity index (χ3n) is 5.04. The summed E-state index contributed by atoms with van der Waals surface area (Å²) in [5.41, 5.74) is 0.928. The lowest BCUT2D eigenvalue weighted by Gasteiger charge is -2.27. The third-order valence-corrected chi connectivity index (χ3v) is 5.04. The Morgan fingerprint density at radius 3 is 1.94 bits per heavy atom. The Kier molecular flexibility index (Phi) is 7.30. The first-order valence-electron chi connectivity index (χ1n) is 9.93. The van der Waals surface area contributed by atoms with E-state index in [1.54, 1.807) is 0 Å². The predicted molar refractivity (Wildman–Crippen MR) is 114 cm³/mol. The number of halogens is 3. The highest BCUT2D eigenvalue weighted by molar-refractivity contribution is 5.87. The molecule has 0 aromatic heterocycles. The van der Waals surface area contributed by atoms with Crippen LogP contribution in [0.1, 0.15) is 28.2 Å². The van der Waals surface area contributed by atoms with Crippen LogP contribution in [-0.4, -0.2) is 25.0 Å². The van der Waals surface area contributed by atoms with E-state index < -0.39 is 35.6 Å². The standard InChI is InChI=1S/C25H22F3NO3/c1-32-24(31)23(22(18-10-4-2-5-11-18)19-12-6-3-7-13-19)29-21(30)16-17-9-8-14-20(15-17)25(26,27)28/h2-15,22-23H,16H2,1H3,(H,29,30)/t23-/m0/s1. The second kappa shape index (κ2) is 10.1. The number of alkyl halides is 3. The molecular formula is C25H22F3NO3. The maximum atomic E-state index is 13.0. The van der Waals surface area contributed by atoms with E-state index in [0.717, 1.165) is 23.3 Å². The molecule has 1 amide bonds. The molecular weight excluding hydrogens is 419 g/mol. The van der Waals surface area contributed by atoms with Gasteiger partial charge in [0.05, 0.1) is 19.1 Å². The summed E-state index contributed by atoms with van der Waals surface area (Å²) in [6, 6.07) is 21.8. The molecule has 0 saturated heterocycles. The highest BCUT2D eigenvalue weighted by Crippen LogP contribution is 2.30. The summed E-state index contributed by atoms with van der Waals surface area (Å²) in [6.45, 7) is 0. The molecule has 4 nitrogen and oxygen atoms in total. The quantitative estimate of drug-likeness (QED) is 0.539. The van der Waals surface area contributed by atoms with Crippen LogP contribution >= 0.6 is 0 Å². The van der Waals surface area contributed by atoms with E-state index in [9.17, 15) is 22.8 Å². The van der Waals surface area contributed by atoms with Crippen LogP contribution in [-0.2, 0) is 26.9 Å². The molecule has 0 saturated carbocycles. The second-order valence-corrected chi connectivity index (χ2v) is 7.24. The Hall–Kier alpha value is -3.61. The molecule has 0 fully saturated rings. The fourth-order valence-corrected chi connectivity index (χ4v) is 3.57. The van der Waals surface area contributed by atoms with Crippen molar-refractivity contribution < 1.29 is 27.5 Å². The van der Waals surface area contributed by atoms with Crippen LogP contribution in [0.4, 0.5) is 13.2 Å². The summed E-state index contributed by atoms with van der Waals surface area (Å²) in [5, 5.41) is 2.68. The van der Waals surface area contributed by atoms with Gasteiger partial charge in [-0.2, -0.15) is 13.2 Å². The molecule has 1 atom stereocenters. The summed E-state index contributed by atoms with van der Waals surface area (Å²) in [6.07, 6.45) is -4.82. The highest BCUT2D eigenvalue weighted by atomic mass is 19.4. The van der Waals surface area contributed by atoms with Crippen molar-refractivity contribution in [3.05, 3.63) is 107 Å². The van der Waals surface area contributed by atoms with Gasteiger partial charge >= 0.3 is 12.1 Å². The smallest absolute Gasteiger partial charge is 0.416 e. The summed E-state index contributed by atoms with van der Waals surface area (Å²) in [4.78, 5) is 25.5. The minimum absolute atomic E-state index is 0.192. The molecule has 0 radical (unpaired) electrons. The molecule has 0 bridgehead atoms. The molecule has 0 heterocycles. The Balaban J connectivity index is 1.90. The molecule has 32 heavy (non-hydrogen) atoms. The number of ether oxygens (including phenoxy) is 1. The zero-order valence-electron chi connectivity index (χ0n) is 17.3. The lowest BCUT2D eigenvalue weighted by Crippen LogP contribution is -2.46. The van der Waals surface area contributed by atoms with Crippen LogP contribution in [0.2, 0.25) is 0 Å². The van der Waals surface area contributed by atoms with E-state index >= 15 is 0 Å². The second-order valence-electron chi connectivity index (χ2n) is 7.24. The van der Waals surface area contributed by atoms with E-state index in [1.165, 1.54) is 19.2 Å². The summed E-state index contributed by atoms with van der Waals surface area (Å²) in [5.74, 6) is -1.79. The first-order valence-corrected chi connectivity index (χ1v) is 9.93. The summed E-state index contributed by atoms with van der Waals surface area (Å²) < 4.78 is 43.9. The van der Waals surface area contributed by atoms with E-state index in [4.69, 9.17) is 4.74 Å². The molecule has 1 N–H and O–H groups in total. The predicted octanol–water partition coefficient (Wildman–Crippen LogP) is 4.74. The largest absolute Gasteiger partial charge is 0.467 e. The number of hydrogen-bond donors (Lipinski definition) is 1. The van der Waals surface area contributed by atoms with Crippen LogP contribution in [0.15, 0.2) is 84.9 Å². The normalized spacial score (nSPS) is 12.3. The van der Waals surface area contributed by atoms with E-state index in [1.807, 2.05) is 60.7 Å². The van der Waals surface area contributed by atoms with Crippen molar-refractivity contribution in [2.24, 2.45) is 0 Å². The number of methoxy groups -OCH3 is 1. The number of hydrogen-bond acceptors (Lipinski definition) is 3. The molecule has 3 aromatic carbocycles. The lowest BCUT2D eigenvalue weighted by atomic mass is 9.84. The van der Waals surface area contributed by atoms with Gasteiger partial charge < -0.3 is 10.1 Å². The first kappa shape index (κ1) is 23.1. The van der Waals surface area contributed by atoms with Crippen molar-refractivity contribution in [3.63, 3.8) is 0 Å². The number of amides is 1. The fraction of sp³-hybridized carbons (Fsp3) is 0.200. The summed E-state index contributed by atoms with van der Waals surface area (Å²) in [7, 11) is 1.22. The third kappa shape index (κ3) is 5.75. The Labute approximate surface area is 184 Å². The molecule has 0 aliphatic rings. The SMILES string of the molecule is COC(=O)[C@@H](NC(=O)Cc1cccc(C(F)(F)F)c1)C(c1ccccc1)c1ccccc1. The van der Waals surface area contributed by atoms with Gasteiger partial charge in [-0.1, -0.05) is 78.9 Å². The van der Waals surface area contributed by atoms with Crippen molar-refractivity contribution in [1.29, 1.82) is 0 Å². The van der Waals surface area contributed by atoms with Crippen molar-refractivity contribution in [2.75, 3.05) is 7.11 Å². The van der Waals surface area contributed by atoms with Crippen molar-refractivity contribution in [3.8, 4) is 0 Å². The average molecular weight is 441 g/mol. The van der Waals surface area contributed by atoms with Gasteiger partial charge in [0, 0.05) is 5.92 Å². The topological polar surface area (TPSA) is 55.4 Å². The zero-order chi connectivity index (χ0) is 23.1. The maximum absolute atomic E-state index is 13.0. The molecule has 0 aliphatic heterocycles. The molecule has 0 aliphatic carbocycles. The van der Waals surface area contributed by atoms with Crippen molar-refractivity contribution >= 4 is 11.9 Å². The number of nitrogens with one attached hydrogen (secondary N) is 1. The lowest BCUT2D eigenvalue weighted by molar-refractivity contribution is -0.145. The number of carbonyl (C=O) groups excluding carboxylic acids is 2.